The number of carboxylic acids is 1. The number of carbonyl (C=O) groups is 2. The lowest BCUT2D eigenvalue weighted by Gasteiger charge is -2.41. The Labute approximate surface area is 203 Å². The number of aliphatic hydroxyl groups is 2. The highest BCUT2D eigenvalue weighted by atomic mass is 32.2. The molecule has 9 heteroatoms. The molecule has 0 saturated carbocycles. The van der Waals surface area contributed by atoms with E-state index in [0.717, 1.165) is 16.7 Å². The molecule has 34 heavy (non-hydrogen) atoms. The van der Waals surface area contributed by atoms with Gasteiger partial charge in [-0.15, -0.1) is 0 Å². The van der Waals surface area contributed by atoms with Crippen molar-refractivity contribution in [1.29, 1.82) is 0 Å². The van der Waals surface area contributed by atoms with Gasteiger partial charge in [-0.2, -0.15) is 11.8 Å². The largest absolute Gasteiger partial charge is 0.481 e. The van der Waals surface area contributed by atoms with Crippen molar-refractivity contribution in [2.45, 2.75) is 44.9 Å². The van der Waals surface area contributed by atoms with Crippen molar-refractivity contribution >= 4 is 29.3 Å². The van der Waals surface area contributed by atoms with Crippen molar-refractivity contribution in [2.75, 3.05) is 23.4 Å². The van der Waals surface area contributed by atoms with Gasteiger partial charge >= 0.3 is 5.97 Å². The van der Waals surface area contributed by atoms with Crippen LogP contribution in [0.1, 0.15) is 48.8 Å². The standard InChI is InChI=1S/C25H31NO7S/c1-16-21(15-34-12-11-27)32-25(33-24(16)18-7-5-17(14-28)6-8-18)19-3-2-4-20(13-19)26-22(29)9-10-23(30)31/h2-8,13,16,21,24-25,27-28H,9-12,14-15H2,1H3,(H,26,29)(H,30,31)/t16-,21+,24+,25+/m1/s1. The van der Waals surface area contributed by atoms with Crippen molar-refractivity contribution < 1.29 is 34.4 Å². The molecule has 184 valence electrons. The van der Waals surface area contributed by atoms with Crippen LogP contribution in [-0.4, -0.2) is 51.4 Å². The van der Waals surface area contributed by atoms with Crippen LogP contribution in [0.2, 0.25) is 0 Å². The maximum atomic E-state index is 12.1. The number of ether oxygens (including phenoxy) is 2. The van der Waals surface area contributed by atoms with Gasteiger partial charge in [0.15, 0.2) is 6.29 Å². The van der Waals surface area contributed by atoms with Gasteiger partial charge in [0.05, 0.1) is 31.8 Å². The zero-order chi connectivity index (χ0) is 24.5. The smallest absolute Gasteiger partial charge is 0.303 e. The second-order valence-electron chi connectivity index (χ2n) is 8.19. The molecule has 0 radical (unpaired) electrons. The molecule has 1 aliphatic rings. The zero-order valence-corrected chi connectivity index (χ0v) is 19.9. The van der Waals surface area contributed by atoms with Crippen LogP contribution in [0.4, 0.5) is 5.69 Å². The number of aliphatic hydroxyl groups excluding tert-OH is 2. The fourth-order valence-corrected chi connectivity index (χ4v) is 4.69. The van der Waals surface area contributed by atoms with Crippen LogP contribution in [-0.2, 0) is 25.7 Å². The van der Waals surface area contributed by atoms with Crippen LogP contribution in [0.25, 0.3) is 0 Å². The number of hydrogen-bond donors (Lipinski definition) is 4. The average Bonchev–Trinajstić information content (AvgIpc) is 2.84. The van der Waals surface area contributed by atoms with E-state index in [1.807, 2.05) is 30.3 Å². The van der Waals surface area contributed by atoms with Crippen LogP contribution < -0.4 is 5.32 Å². The highest BCUT2D eigenvalue weighted by molar-refractivity contribution is 7.99. The third-order valence-electron chi connectivity index (χ3n) is 5.65. The molecule has 1 fully saturated rings. The van der Waals surface area contributed by atoms with E-state index in [1.54, 1.807) is 30.0 Å². The van der Waals surface area contributed by atoms with Gasteiger partial charge in [-0.3, -0.25) is 9.59 Å². The Morgan fingerprint density at radius 2 is 1.79 bits per heavy atom. The van der Waals surface area contributed by atoms with Gasteiger partial charge in [-0.25, -0.2) is 0 Å². The molecule has 0 bridgehead atoms. The predicted octanol–water partition coefficient (Wildman–Crippen LogP) is 3.50. The number of amides is 1. The highest BCUT2D eigenvalue weighted by Crippen LogP contribution is 2.42. The molecule has 1 saturated heterocycles. The van der Waals surface area contributed by atoms with Gasteiger partial charge in [0.25, 0.3) is 0 Å². The summed E-state index contributed by atoms with van der Waals surface area (Å²) in [4.78, 5) is 22.8. The van der Waals surface area contributed by atoms with E-state index < -0.39 is 12.3 Å². The van der Waals surface area contributed by atoms with E-state index >= 15 is 0 Å². The number of hydrogen-bond acceptors (Lipinski definition) is 7. The Bertz CT molecular complexity index is 953. The summed E-state index contributed by atoms with van der Waals surface area (Å²) >= 11 is 1.61. The molecular formula is C25H31NO7S. The maximum Gasteiger partial charge on any atom is 0.303 e. The number of anilines is 1. The summed E-state index contributed by atoms with van der Waals surface area (Å²) in [5.74, 6) is -0.0464. The van der Waals surface area contributed by atoms with Gasteiger partial charge in [0.2, 0.25) is 5.91 Å². The molecule has 3 rings (SSSR count). The predicted molar refractivity (Wildman–Crippen MR) is 129 cm³/mol. The first-order valence-electron chi connectivity index (χ1n) is 11.2. The lowest BCUT2D eigenvalue weighted by molar-refractivity contribution is -0.268. The Morgan fingerprint density at radius 3 is 2.47 bits per heavy atom. The number of benzene rings is 2. The molecule has 0 spiro atoms. The van der Waals surface area contributed by atoms with Gasteiger partial charge in [-0.05, 0) is 23.3 Å². The second-order valence-corrected chi connectivity index (χ2v) is 9.34. The number of carboxylic acid groups (broad SMARTS) is 1. The Balaban J connectivity index is 1.79. The first-order valence-corrected chi connectivity index (χ1v) is 12.4. The van der Waals surface area contributed by atoms with Crippen LogP contribution in [0.3, 0.4) is 0 Å². The van der Waals surface area contributed by atoms with E-state index in [9.17, 15) is 14.7 Å². The fourth-order valence-electron chi connectivity index (χ4n) is 3.78. The lowest BCUT2D eigenvalue weighted by Crippen LogP contribution is -2.38. The normalized spacial score (nSPS) is 22.3. The van der Waals surface area contributed by atoms with E-state index in [-0.39, 0.29) is 50.1 Å². The fraction of sp³-hybridized carbons (Fsp3) is 0.440. The summed E-state index contributed by atoms with van der Waals surface area (Å²) in [6.07, 6.45) is -1.40. The highest BCUT2D eigenvalue weighted by Gasteiger charge is 2.38. The third kappa shape index (κ3) is 7.28. The van der Waals surface area contributed by atoms with E-state index in [2.05, 4.69) is 12.2 Å². The third-order valence-corrected chi connectivity index (χ3v) is 6.69. The minimum Gasteiger partial charge on any atom is -0.481 e. The summed E-state index contributed by atoms with van der Waals surface area (Å²) < 4.78 is 12.7. The van der Waals surface area contributed by atoms with Crippen molar-refractivity contribution in [3.05, 3.63) is 65.2 Å². The van der Waals surface area contributed by atoms with Crippen LogP contribution in [0.15, 0.2) is 48.5 Å². The summed E-state index contributed by atoms with van der Waals surface area (Å²) in [7, 11) is 0. The molecule has 2 aromatic rings. The van der Waals surface area contributed by atoms with E-state index in [1.165, 1.54) is 0 Å². The summed E-state index contributed by atoms with van der Waals surface area (Å²) in [5, 5.41) is 30.0. The molecule has 4 N–H and O–H groups in total. The summed E-state index contributed by atoms with van der Waals surface area (Å²) in [5.41, 5.74) is 3.07. The maximum absolute atomic E-state index is 12.1. The Kier molecular flexibility index (Phi) is 9.91. The molecule has 0 aliphatic carbocycles. The number of thioether (sulfide) groups is 1. The van der Waals surface area contributed by atoms with Gasteiger partial charge < -0.3 is 30.1 Å². The number of aliphatic carboxylic acids is 1. The topological polar surface area (TPSA) is 125 Å². The van der Waals surface area contributed by atoms with E-state index in [0.29, 0.717) is 17.2 Å². The summed E-state index contributed by atoms with van der Waals surface area (Å²) in [6, 6.07) is 14.8. The number of carbonyl (C=O) groups excluding carboxylic acids is 1. The molecule has 1 heterocycles. The molecule has 0 unspecified atom stereocenters. The molecule has 8 nitrogen and oxygen atoms in total. The quantitative estimate of drug-likeness (QED) is 0.354. The van der Waals surface area contributed by atoms with Gasteiger partial charge in [0.1, 0.15) is 0 Å². The van der Waals surface area contributed by atoms with Crippen molar-refractivity contribution in [1.82, 2.24) is 0 Å². The molecule has 2 aromatic carbocycles. The van der Waals surface area contributed by atoms with Crippen LogP contribution in [0, 0.1) is 5.92 Å². The second kappa shape index (κ2) is 12.9. The Morgan fingerprint density at radius 1 is 1.03 bits per heavy atom. The van der Waals surface area contributed by atoms with Crippen molar-refractivity contribution in [2.24, 2.45) is 5.92 Å². The van der Waals surface area contributed by atoms with Gasteiger partial charge in [0, 0.05) is 35.1 Å². The minimum atomic E-state index is -1.02. The SMILES string of the molecule is C[C@@H]1[C@H](CSCCO)O[C@H](c2cccc(NC(=O)CCC(=O)O)c2)O[C@@H]1c1ccc(CO)cc1. The van der Waals surface area contributed by atoms with Gasteiger partial charge in [-0.1, -0.05) is 43.3 Å². The zero-order valence-electron chi connectivity index (χ0n) is 19.1. The monoisotopic (exact) mass is 489 g/mol. The Hall–Kier alpha value is -2.43. The molecule has 1 amide bonds. The van der Waals surface area contributed by atoms with Crippen LogP contribution in [0.5, 0.6) is 0 Å². The molecule has 1 aliphatic heterocycles. The number of nitrogens with one attached hydrogen (secondary N) is 1. The lowest BCUT2D eigenvalue weighted by atomic mass is 9.91. The van der Waals surface area contributed by atoms with E-state index in [4.69, 9.17) is 19.7 Å². The average molecular weight is 490 g/mol. The van der Waals surface area contributed by atoms with Crippen LogP contribution >= 0.6 is 11.8 Å². The number of rotatable bonds is 11. The summed E-state index contributed by atoms with van der Waals surface area (Å²) in [6.45, 7) is 2.14. The first kappa shape index (κ1) is 26.2. The molecule has 4 atom stereocenters. The van der Waals surface area contributed by atoms with Crippen molar-refractivity contribution in [3.63, 3.8) is 0 Å². The molecule has 0 aromatic heterocycles. The first-order chi connectivity index (χ1) is 16.4. The minimum absolute atomic E-state index is 0.0293. The van der Waals surface area contributed by atoms with Crippen molar-refractivity contribution in [3.8, 4) is 0 Å². The molecular weight excluding hydrogens is 458 g/mol.